The first kappa shape index (κ1) is 13.9. The van der Waals surface area contributed by atoms with E-state index in [4.69, 9.17) is 10.5 Å². The summed E-state index contributed by atoms with van der Waals surface area (Å²) in [5.74, 6) is 0.727. The molecule has 21 heavy (non-hydrogen) atoms. The second-order valence-corrected chi connectivity index (χ2v) is 6.81. The molecule has 1 atom stereocenters. The lowest BCUT2D eigenvalue weighted by Crippen LogP contribution is -2.29. The van der Waals surface area contributed by atoms with Gasteiger partial charge in [-0.2, -0.15) is 0 Å². The SMILES string of the molecule is Cc1ccc2c(c1)[C@H](NS(=O)(=O)c1ccc(N)cc1)CO2. The minimum atomic E-state index is -3.60. The van der Waals surface area contributed by atoms with Crippen LogP contribution in [-0.2, 0) is 10.0 Å². The number of nitrogens with one attached hydrogen (secondary N) is 1. The number of fused-ring (bicyclic) bond motifs is 1. The first-order valence-corrected chi connectivity index (χ1v) is 8.05. The van der Waals surface area contributed by atoms with E-state index in [0.29, 0.717) is 12.3 Å². The van der Waals surface area contributed by atoms with Crippen LogP contribution in [0, 0.1) is 6.92 Å². The Balaban J connectivity index is 1.88. The van der Waals surface area contributed by atoms with Gasteiger partial charge < -0.3 is 10.5 Å². The van der Waals surface area contributed by atoms with E-state index < -0.39 is 10.0 Å². The lowest BCUT2D eigenvalue weighted by atomic mass is 10.1. The van der Waals surface area contributed by atoms with E-state index in [1.807, 2.05) is 25.1 Å². The fraction of sp³-hybridized carbons (Fsp3) is 0.200. The van der Waals surface area contributed by atoms with Crippen molar-refractivity contribution in [1.29, 1.82) is 0 Å². The van der Waals surface area contributed by atoms with Crippen LogP contribution >= 0.6 is 0 Å². The molecule has 6 heteroatoms. The van der Waals surface area contributed by atoms with Crippen molar-refractivity contribution in [3.05, 3.63) is 53.6 Å². The van der Waals surface area contributed by atoms with Crippen LogP contribution in [-0.4, -0.2) is 15.0 Å². The topological polar surface area (TPSA) is 81.4 Å². The standard InChI is InChI=1S/C15H16N2O3S/c1-10-2-7-15-13(8-10)14(9-20-15)17-21(18,19)12-5-3-11(16)4-6-12/h2-8,14,17H,9,16H2,1H3/t14-/m1/s1. The summed E-state index contributed by atoms with van der Waals surface area (Å²) in [6.45, 7) is 2.26. The molecule has 3 N–H and O–H groups in total. The number of hydrogen-bond donors (Lipinski definition) is 2. The van der Waals surface area contributed by atoms with Crippen molar-refractivity contribution < 1.29 is 13.2 Å². The summed E-state index contributed by atoms with van der Waals surface area (Å²) in [5.41, 5.74) is 8.04. The highest BCUT2D eigenvalue weighted by Gasteiger charge is 2.28. The molecule has 2 aromatic rings. The predicted octanol–water partition coefficient (Wildman–Crippen LogP) is 1.99. The van der Waals surface area contributed by atoms with E-state index in [9.17, 15) is 8.42 Å². The van der Waals surface area contributed by atoms with Gasteiger partial charge in [0.05, 0.1) is 10.9 Å². The van der Waals surface area contributed by atoms with Gasteiger partial charge in [0, 0.05) is 11.3 Å². The number of nitrogens with two attached hydrogens (primary N) is 1. The van der Waals surface area contributed by atoms with Gasteiger partial charge in [-0.1, -0.05) is 17.7 Å². The van der Waals surface area contributed by atoms with Crippen molar-refractivity contribution in [1.82, 2.24) is 4.72 Å². The van der Waals surface area contributed by atoms with Crippen LogP contribution in [0.25, 0.3) is 0 Å². The molecule has 110 valence electrons. The Labute approximate surface area is 123 Å². The Kier molecular flexibility index (Phi) is 3.35. The van der Waals surface area contributed by atoms with E-state index in [-0.39, 0.29) is 10.9 Å². The van der Waals surface area contributed by atoms with Gasteiger partial charge in [-0.25, -0.2) is 13.1 Å². The van der Waals surface area contributed by atoms with Gasteiger partial charge >= 0.3 is 0 Å². The second-order valence-electron chi connectivity index (χ2n) is 5.10. The number of anilines is 1. The number of aryl methyl sites for hydroxylation is 1. The molecule has 0 aliphatic carbocycles. The minimum absolute atomic E-state index is 0.192. The average molecular weight is 304 g/mol. The quantitative estimate of drug-likeness (QED) is 0.850. The van der Waals surface area contributed by atoms with Crippen LogP contribution < -0.4 is 15.2 Å². The molecule has 1 aliphatic heterocycles. The highest BCUT2D eigenvalue weighted by molar-refractivity contribution is 7.89. The zero-order valence-electron chi connectivity index (χ0n) is 11.5. The third kappa shape index (κ3) is 2.72. The van der Waals surface area contributed by atoms with Gasteiger partial charge in [-0.15, -0.1) is 0 Å². The molecule has 0 radical (unpaired) electrons. The molecule has 0 fully saturated rings. The average Bonchev–Trinajstić information content (AvgIpc) is 2.81. The molecule has 0 aromatic heterocycles. The maximum Gasteiger partial charge on any atom is 0.241 e. The Bertz CT molecular complexity index is 770. The molecular formula is C15H16N2O3S. The molecule has 1 aliphatic rings. The first-order chi connectivity index (χ1) is 9.95. The van der Waals surface area contributed by atoms with Crippen molar-refractivity contribution in [3.63, 3.8) is 0 Å². The normalized spacial score (nSPS) is 17.3. The van der Waals surface area contributed by atoms with E-state index in [1.54, 1.807) is 12.1 Å². The molecule has 0 saturated carbocycles. The summed E-state index contributed by atoms with van der Waals surface area (Å²) in [6.07, 6.45) is 0. The lowest BCUT2D eigenvalue weighted by molar-refractivity contribution is 0.325. The molecular weight excluding hydrogens is 288 g/mol. The summed E-state index contributed by atoms with van der Waals surface area (Å²) < 4.78 is 33.0. The van der Waals surface area contributed by atoms with Crippen molar-refractivity contribution in [2.75, 3.05) is 12.3 Å². The van der Waals surface area contributed by atoms with Crippen molar-refractivity contribution in [2.45, 2.75) is 17.9 Å². The third-order valence-electron chi connectivity index (χ3n) is 3.43. The number of rotatable bonds is 3. The summed E-state index contributed by atoms with van der Waals surface area (Å²) in [5, 5.41) is 0. The fourth-order valence-corrected chi connectivity index (χ4v) is 3.53. The fourth-order valence-electron chi connectivity index (χ4n) is 2.33. The zero-order chi connectivity index (χ0) is 15.0. The van der Waals surface area contributed by atoms with Crippen LogP contribution in [0.3, 0.4) is 0 Å². The van der Waals surface area contributed by atoms with Crippen molar-refractivity contribution >= 4 is 15.7 Å². The van der Waals surface area contributed by atoms with E-state index in [0.717, 1.165) is 16.9 Å². The number of ether oxygens (including phenoxy) is 1. The minimum Gasteiger partial charge on any atom is -0.491 e. The molecule has 0 amide bonds. The first-order valence-electron chi connectivity index (χ1n) is 6.57. The molecule has 2 aromatic carbocycles. The Morgan fingerprint density at radius 2 is 1.90 bits per heavy atom. The maximum atomic E-state index is 12.4. The Hall–Kier alpha value is -2.05. The largest absolute Gasteiger partial charge is 0.491 e. The highest BCUT2D eigenvalue weighted by Crippen LogP contribution is 2.33. The zero-order valence-corrected chi connectivity index (χ0v) is 12.4. The van der Waals surface area contributed by atoms with Crippen LogP contribution in [0.15, 0.2) is 47.4 Å². The van der Waals surface area contributed by atoms with Gasteiger partial charge in [0.2, 0.25) is 10.0 Å². The van der Waals surface area contributed by atoms with Crippen LogP contribution in [0.5, 0.6) is 5.75 Å². The van der Waals surface area contributed by atoms with Gasteiger partial charge in [0.25, 0.3) is 0 Å². The van der Waals surface area contributed by atoms with Gasteiger partial charge in [-0.3, -0.25) is 0 Å². The third-order valence-corrected chi connectivity index (χ3v) is 4.92. The number of hydrogen-bond acceptors (Lipinski definition) is 4. The van der Waals surface area contributed by atoms with Gasteiger partial charge in [-0.05, 0) is 37.3 Å². The Morgan fingerprint density at radius 3 is 2.62 bits per heavy atom. The van der Waals surface area contributed by atoms with Crippen molar-refractivity contribution in [2.24, 2.45) is 0 Å². The molecule has 0 spiro atoms. The van der Waals surface area contributed by atoms with Crippen LogP contribution in [0.2, 0.25) is 0 Å². The van der Waals surface area contributed by atoms with Crippen molar-refractivity contribution in [3.8, 4) is 5.75 Å². The molecule has 3 rings (SSSR count). The van der Waals surface area contributed by atoms with Crippen LogP contribution in [0.1, 0.15) is 17.2 Å². The molecule has 0 saturated heterocycles. The van der Waals surface area contributed by atoms with E-state index in [2.05, 4.69) is 4.72 Å². The van der Waals surface area contributed by atoms with Gasteiger partial charge in [0.1, 0.15) is 12.4 Å². The molecule has 0 unspecified atom stereocenters. The number of nitrogen functional groups attached to an aromatic ring is 1. The summed E-state index contributed by atoms with van der Waals surface area (Å²) in [6, 6.07) is 11.5. The van der Waals surface area contributed by atoms with E-state index >= 15 is 0 Å². The number of sulfonamides is 1. The second kappa shape index (κ2) is 5.05. The molecule has 0 bridgehead atoms. The molecule has 1 heterocycles. The molecule has 5 nitrogen and oxygen atoms in total. The van der Waals surface area contributed by atoms with Gasteiger partial charge in [0.15, 0.2) is 0 Å². The van der Waals surface area contributed by atoms with Crippen LogP contribution in [0.4, 0.5) is 5.69 Å². The number of benzene rings is 2. The predicted molar refractivity (Wildman–Crippen MR) is 80.6 cm³/mol. The highest BCUT2D eigenvalue weighted by atomic mass is 32.2. The summed E-state index contributed by atoms with van der Waals surface area (Å²) in [4.78, 5) is 0.192. The smallest absolute Gasteiger partial charge is 0.241 e. The maximum absolute atomic E-state index is 12.4. The van der Waals surface area contributed by atoms with E-state index in [1.165, 1.54) is 12.1 Å². The lowest BCUT2D eigenvalue weighted by Gasteiger charge is -2.13. The monoisotopic (exact) mass is 304 g/mol. The summed E-state index contributed by atoms with van der Waals surface area (Å²) >= 11 is 0. The summed E-state index contributed by atoms with van der Waals surface area (Å²) in [7, 11) is -3.60. The Morgan fingerprint density at radius 1 is 1.19 bits per heavy atom.